The molecule has 90 valence electrons. The molecular formula is C13H27NS. The van der Waals surface area contributed by atoms with E-state index in [1.807, 2.05) is 0 Å². The Bertz CT molecular complexity index is 179. The van der Waals surface area contributed by atoms with Gasteiger partial charge in [0.2, 0.25) is 0 Å². The van der Waals surface area contributed by atoms with Crippen LogP contribution in [-0.2, 0) is 0 Å². The minimum atomic E-state index is 0.324. The van der Waals surface area contributed by atoms with Gasteiger partial charge in [-0.1, -0.05) is 26.2 Å². The van der Waals surface area contributed by atoms with Gasteiger partial charge in [-0.05, 0) is 39.4 Å². The van der Waals surface area contributed by atoms with Crippen molar-refractivity contribution in [1.29, 1.82) is 0 Å². The van der Waals surface area contributed by atoms with Crippen LogP contribution in [0.2, 0.25) is 0 Å². The Morgan fingerprint density at radius 3 is 2.53 bits per heavy atom. The van der Waals surface area contributed by atoms with Gasteiger partial charge in [0.1, 0.15) is 0 Å². The number of nitrogens with one attached hydrogen (secondary N) is 1. The zero-order chi connectivity index (χ0) is 11.3. The highest BCUT2D eigenvalue weighted by atomic mass is 32.2. The molecule has 1 nitrogen and oxygen atoms in total. The van der Waals surface area contributed by atoms with Gasteiger partial charge in [-0.3, -0.25) is 0 Å². The van der Waals surface area contributed by atoms with Crippen LogP contribution in [0.25, 0.3) is 0 Å². The van der Waals surface area contributed by atoms with Crippen molar-refractivity contribution in [2.24, 2.45) is 0 Å². The molecular weight excluding hydrogens is 202 g/mol. The van der Waals surface area contributed by atoms with Gasteiger partial charge >= 0.3 is 0 Å². The molecule has 2 unspecified atom stereocenters. The van der Waals surface area contributed by atoms with Crippen LogP contribution in [0, 0.1) is 0 Å². The molecule has 1 saturated carbocycles. The third-order valence-corrected chi connectivity index (χ3v) is 4.63. The van der Waals surface area contributed by atoms with E-state index in [0.29, 0.717) is 5.54 Å². The number of thioether (sulfide) groups is 1. The highest BCUT2D eigenvalue weighted by Crippen LogP contribution is 2.29. The topological polar surface area (TPSA) is 12.0 Å². The standard InChI is InChI=1S/C13H27NS/c1-5-10-13(2,3)14-11-8-6-7-9-12(11)15-4/h11-12,14H,5-10H2,1-4H3. The zero-order valence-corrected chi connectivity index (χ0v) is 11.6. The Morgan fingerprint density at radius 1 is 1.27 bits per heavy atom. The Morgan fingerprint density at radius 2 is 1.93 bits per heavy atom. The molecule has 2 atom stereocenters. The molecule has 0 aromatic carbocycles. The number of hydrogen-bond donors (Lipinski definition) is 1. The summed E-state index contributed by atoms with van der Waals surface area (Å²) in [4.78, 5) is 0. The van der Waals surface area contributed by atoms with Crippen molar-refractivity contribution in [3.8, 4) is 0 Å². The molecule has 2 heteroatoms. The maximum Gasteiger partial charge on any atom is 0.0198 e. The normalized spacial score (nSPS) is 28.0. The second kappa shape index (κ2) is 6.15. The molecule has 0 aromatic heterocycles. The van der Waals surface area contributed by atoms with E-state index < -0.39 is 0 Å². The first-order valence-corrected chi connectivity index (χ1v) is 7.68. The lowest BCUT2D eigenvalue weighted by atomic mass is 9.90. The predicted octanol–water partition coefficient (Wildman–Crippen LogP) is 3.83. The number of rotatable bonds is 5. The molecule has 0 saturated heterocycles. The molecule has 1 aliphatic carbocycles. The van der Waals surface area contributed by atoms with Crippen molar-refractivity contribution in [2.75, 3.05) is 6.26 Å². The molecule has 1 aliphatic rings. The average molecular weight is 229 g/mol. The van der Waals surface area contributed by atoms with Crippen LogP contribution < -0.4 is 5.32 Å². The summed E-state index contributed by atoms with van der Waals surface area (Å²) in [7, 11) is 0. The van der Waals surface area contributed by atoms with Gasteiger partial charge in [0.25, 0.3) is 0 Å². The largest absolute Gasteiger partial charge is 0.308 e. The maximum absolute atomic E-state index is 3.88. The van der Waals surface area contributed by atoms with Crippen LogP contribution in [0.1, 0.15) is 59.3 Å². The van der Waals surface area contributed by atoms with Crippen molar-refractivity contribution in [3.63, 3.8) is 0 Å². The van der Waals surface area contributed by atoms with E-state index in [-0.39, 0.29) is 0 Å². The van der Waals surface area contributed by atoms with E-state index in [1.165, 1.54) is 38.5 Å². The molecule has 1 N–H and O–H groups in total. The van der Waals surface area contributed by atoms with Gasteiger partial charge in [0.05, 0.1) is 0 Å². The molecule has 0 aromatic rings. The quantitative estimate of drug-likeness (QED) is 0.769. The fraction of sp³-hybridized carbons (Fsp3) is 1.00. The van der Waals surface area contributed by atoms with Gasteiger partial charge < -0.3 is 5.32 Å². The Kier molecular flexibility index (Phi) is 5.48. The SMILES string of the molecule is CCCC(C)(C)NC1CCCCC1SC. The summed E-state index contributed by atoms with van der Waals surface area (Å²) >= 11 is 2.05. The van der Waals surface area contributed by atoms with E-state index in [4.69, 9.17) is 0 Å². The Hall–Kier alpha value is 0.310. The smallest absolute Gasteiger partial charge is 0.0198 e. The van der Waals surface area contributed by atoms with Gasteiger partial charge in [0, 0.05) is 16.8 Å². The summed E-state index contributed by atoms with van der Waals surface area (Å²) in [5.41, 5.74) is 0.324. The van der Waals surface area contributed by atoms with Crippen LogP contribution in [0.4, 0.5) is 0 Å². The average Bonchev–Trinajstić information content (AvgIpc) is 2.17. The molecule has 0 heterocycles. The third-order valence-electron chi connectivity index (χ3n) is 3.46. The minimum absolute atomic E-state index is 0.324. The summed E-state index contributed by atoms with van der Waals surface area (Å²) in [5.74, 6) is 0. The fourth-order valence-corrected chi connectivity index (χ4v) is 3.68. The van der Waals surface area contributed by atoms with Crippen molar-refractivity contribution in [1.82, 2.24) is 5.32 Å². The summed E-state index contributed by atoms with van der Waals surface area (Å²) in [6.45, 7) is 6.97. The second-order valence-corrected chi connectivity index (χ2v) is 6.52. The summed E-state index contributed by atoms with van der Waals surface area (Å²) < 4.78 is 0. The van der Waals surface area contributed by atoms with Gasteiger partial charge in [-0.25, -0.2) is 0 Å². The van der Waals surface area contributed by atoms with Crippen molar-refractivity contribution < 1.29 is 0 Å². The first-order valence-electron chi connectivity index (χ1n) is 6.39. The lowest BCUT2D eigenvalue weighted by Gasteiger charge is -2.38. The summed E-state index contributed by atoms with van der Waals surface area (Å²) in [5, 5.41) is 4.72. The molecule has 0 aliphatic heterocycles. The van der Waals surface area contributed by atoms with Gasteiger partial charge in [-0.15, -0.1) is 0 Å². The molecule has 1 rings (SSSR count). The fourth-order valence-electron chi connectivity index (χ4n) is 2.74. The van der Waals surface area contributed by atoms with Crippen LogP contribution in [-0.4, -0.2) is 23.1 Å². The highest BCUT2D eigenvalue weighted by molar-refractivity contribution is 7.99. The number of hydrogen-bond acceptors (Lipinski definition) is 2. The van der Waals surface area contributed by atoms with E-state index >= 15 is 0 Å². The molecule has 1 fully saturated rings. The van der Waals surface area contributed by atoms with Gasteiger partial charge in [0.15, 0.2) is 0 Å². The van der Waals surface area contributed by atoms with E-state index in [1.54, 1.807) is 0 Å². The monoisotopic (exact) mass is 229 g/mol. The summed E-state index contributed by atoms with van der Waals surface area (Å²) in [6, 6.07) is 0.746. The molecule has 0 radical (unpaired) electrons. The second-order valence-electron chi connectivity index (χ2n) is 5.44. The third kappa shape index (κ3) is 4.36. The van der Waals surface area contributed by atoms with Crippen molar-refractivity contribution >= 4 is 11.8 Å². The van der Waals surface area contributed by atoms with E-state index in [2.05, 4.69) is 44.1 Å². The highest BCUT2D eigenvalue weighted by Gasteiger charge is 2.28. The van der Waals surface area contributed by atoms with Gasteiger partial charge in [-0.2, -0.15) is 11.8 Å². The van der Waals surface area contributed by atoms with Crippen molar-refractivity contribution in [2.45, 2.75) is 76.1 Å². The maximum atomic E-state index is 3.88. The first kappa shape index (κ1) is 13.4. The molecule has 0 spiro atoms. The van der Waals surface area contributed by atoms with Crippen LogP contribution in [0.15, 0.2) is 0 Å². The van der Waals surface area contributed by atoms with Crippen LogP contribution >= 0.6 is 11.8 Å². The Labute approximate surface area is 99.8 Å². The Balaban J connectivity index is 2.46. The predicted molar refractivity (Wildman–Crippen MR) is 71.7 cm³/mol. The lowest BCUT2D eigenvalue weighted by molar-refractivity contribution is 0.272. The minimum Gasteiger partial charge on any atom is -0.308 e. The van der Waals surface area contributed by atoms with E-state index in [9.17, 15) is 0 Å². The van der Waals surface area contributed by atoms with Crippen LogP contribution in [0.3, 0.4) is 0 Å². The van der Waals surface area contributed by atoms with Crippen molar-refractivity contribution in [3.05, 3.63) is 0 Å². The lowest BCUT2D eigenvalue weighted by Crippen LogP contribution is -2.51. The molecule has 15 heavy (non-hydrogen) atoms. The van der Waals surface area contributed by atoms with E-state index in [0.717, 1.165) is 11.3 Å². The first-order chi connectivity index (χ1) is 7.09. The summed E-state index contributed by atoms with van der Waals surface area (Å²) in [6.07, 6.45) is 10.4. The van der Waals surface area contributed by atoms with Crippen LogP contribution in [0.5, 0.6) is 0 Å². The zero-order valence-electron chi connectivity index (χ0n) is 10.8. The molecule has 0 bridgehead atoms. The molecule has 0 amide bonds.